The van der Waals surface area contributed by atoms with Crippen molar-refractivity contribution < 1.29 is 0 Å². The largest absolute Gasteiger partial charge is 0.0616 e. The Balaban J connectivity index is 1.46. The predicted molar refractivity (Wildman–Crippen MR) is 131 cm³/mol. The molecule has 9 rings (SSSR count). The van der Waals surface area contributed by atoms with E-state index in [1.807, 2.05) is 0 Å². The summed E-state index contributed by atoms with van der Waals surface area (Å²) in [7, 11) is 0. The van der Waals surface area contributed by atoms with E-state index in [9.17, 15) is 0 Å². The molecule has 0 N–H and O–H groups in total. The van der Waals surface area contributed by atoms with E-state index in [0.717, 1.165) is 0 Å². The molecule has 0 radical (unpaired) electrons. The standard InChI is InChI=1S/C30H14/c1-3-7-17-15(5-1)19-9-11-21-23-13-24-22-12-10-20-16-6-2-4-8-18(16)28(20)30(22)26(24)14-25(23)29(21)27(17)19/h1-14H. The molecule has 9 aromatic carbocycles. The summed E-state index contributed by atoms with van der Waals surface area (Å²) in [6.07, 6.45) is 0. The molecule has 0 heterocycles. The molecule has 0 amide bonds. The second kappa shape index (κ2) is 4.32. The first-order valence-electron chi connectivity index (χ1n) is 10.6. The van der Waals surface area contributed by atoms with E-state index in [0.29, 0.717) is 0 Å². The summed E-state index contributed by atoms with van der Waals surface area (Å²) in [6, 6.07) is 31.8. The molecular formula is C30H14. The van der Waals surface area contributed by atoms with Crippen LogP contribution in [-0.4, -0.2) is 0 Å². The lowest BCUT2D eigenvalue weighted by molar-refractivity contribution is 1.80. The summed E-state index contributed by atoms with van der Waals surface area (Å²) in [5.41, 5.74) is 0. The minimum atomic E-state index is 1.40. The first-order chi connectivity index (χ1) is 14.9. The van der Waals surface area contributed by atoms with Crippen molar-refractivity contribution in [2.24, 2.45) is 0 Å². The van der Waals surface area contributed by atoms with Gasteiger partial charge < -0.3 is 0 Å². The number of hydrogen-bond donors (Lipinski definition) is 0. The molecule has 0 aliphatic carbocycles. The average Bonchev–Trinajstić information content (AvgIpc) is 2.76. The Morgan fingerprint density at radius 2 is 0.533 bits per heavy atom. The number of fused-ring (bicyclic) bond motifs is 18. The van der Waals surface area contributed by atoms with E-state index in [-0.39, 0.29) is 0 Å². The van der Waals surface area contributed by atoms with Gasteiger partial charge in [-0.1, -0.05) is 72.8 Å². The zero-order valence-electron chi connectivity index (χ0n) is 16.1. The Hall–Kier alpha value is -3.90. The first kappa shape index (κ1) is 14.1. The third-order valence-electron chi connectivity index (χ3n) is 7.66. The zero-order chi connectivity index (χ0) is 19.1. The van der Waals surface area contributed by atoms with Crippen LogP contribution in [-0.2, 0) is 0 Å². The van der Waals surface area contributed by atoms with Crippen LogP contribution >= 0.6 is 0 Å². The second-order valence-electron chi connectivity index (χ2n) is 8.86. The second-order valence-corrected chi connectivity index (χ2v) is 8.86. The molecule has 0 aromatic heterocycles. The maximum Gasteiger partial charge on any atom is -0.00137 e. The van der Waals surface area contributed by atoms with Crippen molar-refractivity contribution in [1.82, 2.24) is 0 Å². The fourth-order valence-corrected chi connectivity index (χ4v) is 6.30. The van der Waals surface area contributed by atoms with Gasteiger partial charge in [0.1, 0.15) is 0 Å². The molecular weight excluding hydrogens is 360 g/mol. The van der Waals surface area contributed by atoms with Crippen LogP contribution in [0.3, 0.4) is 0 Å². The van der Waals surface area contributed by atoms with Crippen molar-refractivity contribution in [3.05, 3.63) is 84.9 Å². The van der Waals surface area contributed by atoms with Gasteiger partial charge in [-0.3, -0.25) is 0 Å². The predicted octanol–water partition coefficient (Wildman–Crippen LogP) is 8.66. The van der Waals surface area contributed by atoms with Gasteiger partial charge in [-0.05, 0) is 98.3 Å². The van der Waals surface area contributed by atoms with Gasteiger partial charge in [0.2, 0.25) is 0 Å². The monoisotopic (exact) mass is 374 g/mol. The van der Waals surface area contributed by atoms with E-state index >= 15 is 0 Å². The van der Waals surface area contributed by atoms with Gasteiger partial charge in [0.25, 0.3) is 0 Å². The molecule has 0 aliphatic rings. The molecule has 0 nitrogen and oxygen atoms in total. The van der Waals surface area contributed by atoms with Gasteiger partial charge in [0, 0.05) is 0 Å². The lowest BCUT2D eigenvalue weighted by atomic mass is 9.79. The van der Waals surface area contributed by atoms with E-state index in [4.69, 9.17) is 0 Å². The maximum atomic E-state index is 2.47. The van der Waals surface area contributed by atoms with E-state index in [2.05, 4.69) is 84.9 Å². The Labute approximate surface area is 171 Å². The average molecular weight is 374 g/mol. The smallest absolute Gasteiger partial charge is 0.00137 e. The molecule has 30 heavy (non-hydrogen) atoms. The topological polar surface area (TPSA) is 0 Å². The first-order valence-corrected chi connectivity index (χ1v) is 10.6. The summed E-state index contributed by atoms with van der Waals surface area (Å²) in [5.74, 6) is 0. The zero-order valence-corrected chi connectivity index (χ0v) is 16.1. The van der Waals surface area contributed by atoms with Crippen molar-refractivity contribution in [3.8, 4) is 0 Å². The lowest BCUT2D eigenvalue weighted by Gasteiger charge is -2.24. The third-order valence-corrected chi connectivity index (χ3v) is 7.66. The highest BCUT2D eigenvalue weighted by atomic mass is 14.3. The summed E-state index contributed by atoms with van der Waals surface area (Å²) < 4.78 is 0. The summed E-state index contributed by atoms with van der Waals surface area (Å²) in [5, 5.41) is 22.9. The van der Waals surface area contributed by atoms with Gasteiger partial charge in [-0.25, -0.2) is 0 Å². The molecule has 0 unspecified atom stereocenters. The van der Waals surface area contributed by atoms with Crippen LogP contribution in [0, 0.1) is 0 Å². The Kier molecular flexibility index (Phi) is 2.04. The Morgan fingerprint density at radius 1 is 0.233 bits per heavy atom. The molecule has 0 heteroatoms. The van der Waals surface area contributed by atoms with E-state index < -0.39 is 0 Å². The van der Waals surface area contributed by atoms with Crippen LogP contribution in [0.4, 0.5) is 0 Å². The SMILES string of the molecule is c1ccc2c(c1)c1ccc3c4cc5c6ccc7c8ccccc8c7c6c5cc4c3c21. The highest BCUT2D eigenvalue weighted by Gasteiger charge is 2.23. The van der Waals surface area contributed by atoms with Crippen molar-refractivity contribution in [2.45, 2.75) is 0 Å². The van der Waals surface area contributed by atoms with Gasteiger partial charge in [-0.2, -0.15) is 0 Å². The van der Waals surface area contributed by atoms with Crippen LogP contribution < -0.4 is 0 Å². The van der Waals surface area contributed by atoms with Crippen LogP contribution in [0.25, 0.3) is 86.2 Å². The van der Waals surface area contributed by atoms with Crippen molar-refractivity contribution in [1.29, 1.82) is 0 Å². The molecule has 9 aromatic rings. The van der Waals surface area contributed by atoms with Crippen molar-refractivity contribution in [2.75, 3.05) is 0 Å². The van der Waals surface area contributed by atoms with Crippen molar-refractivity contribution in [3.63, 3.8) is 0 Å². The Morgan fingerprint density at radius 3 is 1.00 bits per heavy atom. The van der Waals surface area contributed by atoms with Gasteiger partial charge in [0.15, 0.2) is 0 Å². The van der Waals surface area contributed by atoms with Gasteiger partial charge in [-0.15, -0.1) is 0 Å². The van der Waals surface area contributed by atoms with Crippen LogP contribution in [0.1, 0.15) is 0 Å². The molecule has 0 aliphatic heterocycles. The van der Waals surface area contributed by atoms with Gasteiger partial charge in [0.05, 0.1) is 0 Å². The molecule has 0 saturated heterocycles. The summed E-state index contributed by atoms with van der Waals surface area (Å²) in [6.45, 7) is 0. The van der Waals surface area contributed by atoms with Gasteiger partial charge >= 0.3 is 0 Å². The molecule has 134 valence electrons. The minimum Gasteiger partial charge on any atom is -0.0616 e. The fourth-order valence-electron chi connectivity index (χ4n) is 6.30. The van der Waals surface area contributed by atoms with E-state index in [1.54, 1.807) is 0 Å². The number of rotatable bonds is 0. The van der Waals surface area contributed by atoms with E-state index in [1.165, 1.54) is 86.2 Å². The Bertz CT molecular complexity index is 1910. The molecule has 0 bridgehead atoms. The molecule has 0 fully saturated rings. The minimum absolute atomic E-state index is 1.40. The lowest BCUT2D eigenvalue weighted by Crippen LogP contribution is -1.95. The normalized spacial score (nSPS) is 13.3. The summed E-state index contributed by atoms with van der Waals surface area (Å²) in [4.78, 5) is 0. The third kappa shape index (κ3) is 1.28. The van der Waals surface area contributed by atoms with Crippen LogP contribution in [0.2, 0.25) is 0 Å². The van der Waals surface area contributed by atoms with Crippen LogP contribution in [0.5, 0.6) is 0 Å². The number of benzene rings is 5. The maximum absolute atomic E-state index is 2.47. The quantitative estimate of drug-likeness (QED) is 0.249. The van der Waals surface area contributed by atoms with Crippen molar-refractivity contribution >= 4 is 86.2 Å². The highest BCUT2D eigenvalue weighted by Crippen LogP contribution is 2.52. The molecule has 0 atom stereocenters. The fraction of sp³-hybridized carbons (Fsp3) is 0. The highest BCUT2D eigenvalue weighted by molar-refractivity contribution is 6.47. The molecule has 0 saturated carbocycles. The summed E-state index contributed by atoms with van der Waals surface area (Å²) >= 11 is 0. The number of hydrogen-bond acceptors (Lipinski definition) is 0. The molecule has 0 spiro atoms. The van der Waals surface area contributed by atoms with Crippen LogP contribution in [0.15, 0.2) is 84.9 Å².